The molecule has 364 valence electrons. The van der Waals surface area contributed by atoms with E-state index >= 15 is 0 Å². The number of hydrogen-bond donors (Lipinski definition) is 4. The summed E-state index contributed by atoms with van der Waals surface area (Å²) in [6, 6.07) is 0. The third kappa shape index (κ3) is 34.5. The van der Waals surface area contributed by atoms with Crippen molar-refractivity contribution in [3.8, 4) is 0 Å². The van der Waals surface area contributed by atoms with Gasteiger partial charge in [-0.15, -0.1) is 0 Å². The molecule has 63 heavy (non-hydrogen) atoms. The van der Waals surface area contributed by atoms with Crippen molar-refractivity contribution >= 4 is 16.4 Å². The fraction of sp³-hybridized carbons (Fsp3) is 0.740. The minimum Gasteiger partial charge on any atom is -0.457 e. The normalized spacial score (nSPS) is 20.5. The van der Waals surface area contributed by atoms with Crippen LogP contribution in [0.15, 0.2) is 72.9 Å². The Morgan fingerprint density at radius 1 is 0.619 bits per heavy atom. The maximum absolute atomic E-state index is 12.8. The van der Waals surface area contributed by atoms with Crippen molar-refractivity contribution in [2.45, 2.75) is 211 Å². The van der Waals surface area contributed by atoms with E-state index in [9.17, 15) is 28.5 Å². The first-order valence-corrected chi connectivity index (χ1v) is 25.6. The first kappa shape index (κ1) is 58.6. The standard InChI is InChI=1S/C50H86O12S/c1-3-5-7-9-11-13-15-16-17-18-19-20-21-22-23-24-25-26-27-28-29-30-32-34-36-38-40-58-42-44(60-46(52)39-37-35-33-31-14-12-10-8-6-4-2)43-59-50-48(54)49(62-63(55,56)57)47(53)45(41-51)61-50/h5,7-8,10-11,13,16-17,19-20,22-23,44-45,47-51,53-54H,3-4,6,9,12,14-15,18,21,24-43H2,1-2H3,(H,55,56,57)/b7-5-,10-8-,13-11-,17-16-,20-19-,23-22-. The van der Waals surface area contributed by atoms with Crippen molar-refractivity contribution in [1.82, 2.24) is 0 Å². The van der Waals surface area contributed by atoms with E-state index in [0.717, 1.165) is 103 Å². The summed E-state index contributed by atoms with van der Waals surface area (Å²) in [5.74, 6) is -0.415. The minimum atomic E-state index is -5.07. The highest BCUT2D eigenvalue weighted by molar-refractivity contribution is 7.80. The molecule has 0 bridgehead atoms. The molecule has 12 nitrogen and oxygen atoms in total. The molecule has 1 fully saturated rings. The predicted octanol–water partition coefficient (Wildman–Crippen LogP) is 10.7. The van der Waals surface area contributed by atoms with Crippen LogP contribution in [0.4, 0.5) is 0 Å². The van der Waals surface area contributed by atoms with E-state index in [1.54, 1.807) is 0 Å². The van der Waals surface area contributed by atoms with Crippen molar-refractivity contribution in [3.05, 3.63) is 72.9 Å². The lowest BCUT2D eigenvalue weighted by atomic mass is 9.99. The molecule has 6 atom stereocenters. The van der Waals surface area contributed by atoms with Gasteiger partial charge < -0.3 is 34.3 Å². The van der Waals surface area contributed by atoms with Crippen LogP contribution in [0.25, 0.3) is 0 Å². The number of aliphatic hydroxyl groups is 3. The number of ether oxygens (including phenoxy) is 4. The Hall–Kier alpha value is -2.46. The topological polar surface area (TPSA) is 178 Å². The van der Waals surface area contributed by atoms with Gasteiger partial charge in [-0.3, -0.25) is 9.35 Å². The van der Waals surface area contributed by atoms with Gasteiger partial charge in [0, 0.05) is 13.0 Å². The summed E-state index contributed by atoms with van der Waals surface area (Å²) in [4.78, 5) is 12.8. The molecular weight excluding hydrogens is 825 g/mol. The van der Waals surface area contributed by atoms with Gasteiger partial charge in [0.05, 0.1) is 19.8 Å². The van der Waals surface area contributed by atoms with Crippen molar-refractivity contribution < 1.29 is 56.2 Å². The van der Waals surface area contributed by atoms with Gasteiger partial charge in [0.25, 0.3) is 0 Å². The Kier molecular flexibility index (Phi) is 38.1. The summed E-state index contributed by atoms with van der Waals surface area (Å²) >= 11 is 0. The molecule has 0 aromatic carbocycles. The zero-order valence-corrected chi connectivity index (χ0v) is 39.7. The van der Waals surface area contributed by atoms with E-state index in [2.05, 4.69) is 90.9 Å². The minimum absolute atomic E-state index is 0.0260. The Bertz CT molecular complexity index is 1370. The molecule has 4 N–H and O–H groups in total. The molecule has 0 aromatic rings. The SMILES string of the molecule is CC/C=C\C/C=C\C/C=C\C/C=C\C/C=C\CCCCCCCCCCCCOCC(COC1OC(CO)C(O)C(OS(=O)(=O)O)C1O)OC(=O)CCCCCCC/C=C\CCC. The van der Waals surface area contributed by atoms with Gasteiger partial charge in [0.1, 0.15) is 30.5 Å². The highest BCUT2D eigenvalue weighted by Crippen LogP contribution is 2.26. The quantitative estimate of drug-likeness (QED) is 0.0198. The lowest BCUT2D eigenvalue weighted by molar-refractivity contribution is -0.301. The number of unbranched alkanes of at least 4 members (excludes halogenated alkanes) is 16. The number of hydrogen-bond acceptors (Lipinski definition) is 11. The Morgan fingerprint density at radius 2 is 1.10 bits per heavy atom. The van der Waals surface area contributed by atoms with Gasteiger partial charge in [-0.1, -0.05) is 164 Å². The molecule has 0 aromatic heterocycles. The maximum Gasteiger partial charge on any atom is 0.397 e. The van der Waals surface area contributed by atoms with Gasteiger partial charge in [-0.2, -0.15) is 8.42 Å². The fourth-order valence-electron chi connectivity index (χ4n) is 6.94. The van der Waals surface area contributed by atoms with Crippen LogP contribution in [0.1, 0.15) is 174 Å². The molecule has 1 aliphatic rings. The Labute approximate surface area is 381 Å². The summed E-state index contributed by atoms with van der Waals surface area (Å²) in [5.41, 5.74) is 0. The maximum atomic E-state index is 12.8. The predicted molar refractivity (Wildman–Crippen MR) is 252 cm³/mol. The van der Waals surface area contributed by atoms with E-state index < -0.39 is 59.8 Å². The molecule has 1 rings (SSSR count). The van der Waals surface area contributed by atoms with Crippen molar-refractivity contribution in [3.63, 3.8) is 0 Å². The molecule has 0 aliphatic carbocycles. The van der Waals surface area contributed by atoms with E-state index in [1.807, 2.05) is 0 Å². The highest BCUT2D eigenvalue weighted by Gasteiger charge is 2.48. The van der Waals surface area contributed by atoms with Crippen LogP contribution in [-0.4, -0.2) is 97.5 Å². The van der Waals surface area contributed by atoms with Gasteiger partial charge in [0.2, 0.25) is 0 Å². The molecular formula is C50H86O12S. The second-order valence-electron chi connectivity index (χ2n) is 16.3. The molecule has 1 heterocycles. The number of carbonyl (C=O) groups is 1. The molecule has 1 saturated heterocycles. The average Bonchev–Trinajstić information content (AvgIpc) is 3.26. The summed E-state index contributed by atoms with van der Waals surface area (Å²) in [6.45, 7) is 3.77. The van der Waals surface area contributed by atoms with Gasteiger partial charge in [0.15, 0.2) is 6.29 Å². The summed E-state index contributed by atoms with van der Waals surface area (Å²) < 4.78 is 59.0. The monoisotopic (exact) mass is 911 g/mol. The third-order valence-corrected chi connectivity index (χ3v) is 11.0. The lowest BCUT2D eigenvalue weighted by Gasteiger charge is -2.41. The van der Waals surface area contributed by atoms with Crippen molar-refractivity contribution in [2.24, 2.45) is 0 Å². The van der Waals surface area contributed by atoms with Crippen LogP contribution < -0.4 is 0 Å². The van der Waals surface area contributed by atoms with Crippen LogP contribution in [0.2, 0.25) is 0 Å². The van der Waals surface area contributed by atoms with Crippen LogP contribution in [-0.2, 0) is 38.3 Å². The second-order valence-corrected chi connectivity index (χ2v) is 17.4. The molecule has 0 spiro atoms. The number of allylic oxidation sites excluding steroid dienone is 12. The summed E-state index contributed by atoms with van der Waals surface area (Å²) in [5, 5.41) is 30.7. The van der Waals surface area contributed by atoms with Gasteiger partial charge in [-0.25, -0.2) is 4.18 Å². The Balaban J connectivity index is 2.30. The van der Waals surface area contributed by atoms with Crippen LogP contribution in [0.3, 0.4) is 0 Å². The molecule has 1 aliphatic heterocycles. The molecule has 6 unspecified atom stereocenters. The zero-order chi connectivity index (χ0) is 46.1. The molecule has 13 heteroatoms. The van der Waals surface area contributed by atoms with E-state index in [-0.39, 0.29) is 19.6 Å². The summed E-state index contributed by atoms with van der Waals surface area (Å²) in [7, 11) is -5.07. The number of aliphatic hydroxyl groups excluding tert-OH is 3. The molecule has 0 amide bonds. The van der Waals surface area contributed by atoms with Crippen molar-refractivity contribution in [1.29, 1.82) is 0 Å². The number of esters is 1. The highest BCUT2D eigenvalue weighted by atomic mass is 32.3. The van der Waals surface area contributed by atoms with E-state index in [1.165, 1.54) is 44.9 Å². The van der Waals surface area contributed by atoms with E-state index in [4.69, 9.17) is 23.5 Å². The van der Waals surface area contributed by atoms with Crippen LogP contribution >= 0.6 is 0 Å². The Morgan fingerprint density at radius 3 is 1.62 bits per heavy atom. The first-order valence-electron chi connectivity index (χ1n) is 24.2. The third-order valence-electron chi connectivity index (χ3n) is 10.5. The largest absolute Gasteiger partial charge is 0.457 e. The first-order chi connectivity index (χ1) is 30.6. The average molecular weight is 911 g/mol. The number of rotatable bonds is 41. The smallest absolute Gasteiger partial charge is 0.397 e. The van der Waals surface area contributed by atoms with E-state index in [0.29, 0.717) is 13.0 Å². The molecule has 0 saturated carbocycles. The van der Waals surface area contributed by atoms with Crippen molar-refractivity contribution in [2.75, 3.05) is 26.4 Å². The van der Waals surface area contributed by atoms with Gasteiger partial charge >= 0.3 is 16.4 Å². The summed E-state index contributed by atoms with van der Waals surface area (Å²) in [6.07, 6.45) is 43.8. The number of carbonyl (C=O) groups excluding carboxylic acids is 1. The van der Waals surface area contributed by atoms with Gasteiger partial charge in [-0.05, 0) is 77.0 Å². The zero-order valence-electron chi connectivity index (χ0n) is 38.9. The second kappa shape index (κ2) is 41.0. The fourth-order valence-corrected chi connectivity index (χ4v) is 7.44. The van der Waals surface area contributed by atoms with Crippen LogP contribution in [0, 0.1) is 0 Å². The molecule has 0 radical (unpaired) electrons. The van der Waals surface area contributed by atoms with Crippen LogP contribution in [0.5, 0.6) is 0 Å². The lowest BCUT2D eigenvalue weighted by Crippen LogP contribution is -2.60.